The highest BCUT2D eigenvalue weighted by Crippen LogP contribution is 2.12. The Balaban J connectivity index is 1.83. The van der Waals surface area contributed by atoms with Gasteiger partial charge in [-0.2, -0.15) is 4.98 Å². The molecule has 0 aliphatic carbocycles. The van der Waals surface area contributed by atoms with Crippen LogP contribution in [0.2, 0.25) is 0 Å². The molecule has 0 saturated heterocycles. The minimum atomic E-state index is 0.489. The lowest BCUT2D eigenvalue weighted by molar-refractivity contribution is 0.370. The zero-order valence-corrected chi connectivity index (χ0v) is 11.0. The predicted octanol–water partition coefficient (Wildman–Crippen LogP) is 2.26. The summed E-state index contributed by atoms with van der Waals surface area (Å²) in [5.74, 6) is 1.48. The van der Waals surface area contributed by atoms with Crippen molar-refractivity contribution >= 4 is 11.3 Å². The molecule has 92 valence electrons. The summed E-state index contributed by atoms with van der Waals surface area (Å²) < 4.78 is 5.20. The minimum Gasteiger partial charge on any atom is -0.339 e. The Morgan fingerprint density at radius 3 is 3.06 bits per heavy atom. The van der Waals surface area contributed by atoms with Crippen molar-refractivity contribution in [3.05, 3.63) is 34.1 Å². The van der Waals surface area contributed by atoms with E-state index < -0.39 is 0 Å². The lowest BCUT2D eigenvalue weighted by Gasteiger charge is -2.04. The number of nitrogens with zero attached hydrogens (tertiary/aromatic N) is 2. The van der Waals surface area contributed by atoms with Crippen molar-refractivity contribution in [2.75, 3.05) is 6.54 Å². The molecular weight excluding hydrogens is 234 g/mol. The van der Waals surface area contributed by atoms with Gasteiger partial charge >= 0.3 is 0 Å². The third-order valence-corrected chi connectivity index (χ3v) is 3.19. The number of nitrogens with one attached hydrogen (secondary N) is 1. The highest BCUT2D eigenvalue weighted by Gasteiger charge is 2.07. The molecule has 5 heteroatoms. The Hall–Kier alpha value is -1.20. The van der Waals surface area contributed by atoms with Gasteiger partial charge in [0.1, 0.15) is 0 Å². The Bertz CT molecular complexity index is 436. The van der Waals surface area contributed by atoms with Crippen molar-refractivity contribution in [1.82, 2.24) is 15.5 Å². The maximum absolute atomic E-state index is 5.20. The molecule has 0 aromatic carbocycles. The second kappa shape index (κ2) is 5.93. The largest absolute Gasteiger partial charge is 0.339 e. The number of thiophene rings is 1. The smallest absolute Gasteiger partial charge is 0.227 e. The summed E-state index contributed by atoms with van der Waals surface area (Å²) in [4.78, 5) is 5.63. The van der Waals surface area contributed by atoms with Gasteiger partial charge in [-0.1, -0.05) is 25.1 Å². The van der Waals surface area contributed by atoms with Crippen LogP contribution < -0.4 is 5.32 Å². The molecule has 0 aliphatic heterocycles. The van der Waals surface area contributed by atoms with Crippen molar-refractivity contribution in [3.63, 3.8) is 0 Å². The quantitative estimate of drug-likeness (QED) is 0.855. The molecule has 4 nitrogen and oxygen atoms in total. The topological polar surface area (TPSA) is 51.0 Å². The van der Waals surface area contributed by atoms with E-state index in [9.17, 15) is 0 Å². The third-order valence-electron chi connectivity index (χ3n) is 2.31. The summed E-state index contributed by atoms with van der Waals surface area (Å²) in [5, 5.41) is 9.36. The lowest BCUT2D eigenvalue weighted by atomic mass is 10.3. The van der Waals surface area contributed by atoms with Crippen LogP contribution in [0.15, 0.2) is 22.0 Å². The summed E-state index contributed by atoms with van der Waals surface area (Å²) in [6, 6.07) is 4.61. The summed E-state index contributed by atoms with van der Waals surface area (Å²) in [5.41, 5.74) is 0. The van der Waals surface area contributed by atoms with Gasteiger partial charge in [0.05, 0.1) is 0 Å². The molecule has 0 atom stereocenters. The normalized spacial score (nSPS) is 11.2. The van der Waals surface area contributed by atoms with Gasteiger partial charge in [0, 0.05) is 30.3 Å². The highest BCUT2D eigenvalue weighted by molar-refractivity contribution is 7.09. The van der Waals surface area contributed by atoms with Crippen LogP contribution in [0, 0.1) is 0 Å². The Kier molecular flexibility index (Phi) is 4.28. The second-order valence-corrected chi connectivity index (χ2v) is 5.25. The summed E-state index contributed by atoms with van der Waals surface area (Å²) in [7, 11) is 0. The van der Waals surface area contributed by atoms with Crippen LogP contribution in [0.25, 0.3) is 0 Å². The standard InChI is InChI=1S/C12H17N3OS/c1-9(2)13-6-5-12-14-11(15-16-12)8-10-4-3-7-17-10/h3-4,7,9,13H,5-6,8H2,1-2H3. The van der Waals surface area contributed by atoms with Crippen LogP contribution in [0.4, 0.5) is 0 Å². The SMILES string of the molecule is CC(C)NCCc1nc(Cc2cccs2)no1. The van der Waals surface area contributed by atoms with Gasteiger partial charge in [-0.3, -0.25) is 0 Å². The number of hydrogen-bond acceptors (Lipinski definition) is 5. The van der Waals surface area contributed by atoms with Crippen molar-refractivity contribution in [2.24, 2.45) is 0 Å². The maximum atomic E-state index is 5.20. The van der Waals surface area contributed by atoms with Crippen LogP contribution in [0.3, 0.4) is 0 Å². The molecule has 2 rings (SSSR count). The fourth-order valence-corrected chi connectivity index (χ4v) is 2.20. The first kappa shape index (κ1) is 12.3. The van der Waals surface area contributed by atoms with Crippen molar-refractivity contribution in [2.45, 2.75) is 32.7 Å². The molecule has 0 spiro atoms. The van der Waals surface area contributed by atoms with E-state index in [2.05, 4.69) is 40.8 Å². The number of rotatable bonds is 6. The van der Waals surface area contributed by atoms with E-state index in [0.717, 1.165) is 25.2 Å². The van der Waals surface area contributed by atoms with E-state index in [1.807, 2.05) is 6.07 Å². The second-order valence-electron chi connectivity index (χ2n) is 4.22. The molecule has 2 aromatic heterocycles. The minimum absolute atomic E-state index is 0.489. The predicted molar refractivity (Wildman–Crippen MR) is 68.3 cm³/mol. The van der Waals surface area contributed by atoms with Gasteiger partial charge < -0.3 is 9.84 Å². The van der Waals surface area contributed by atoms with Gasteiger partial charge in [0.2, 0.25) is 5.89 Å². The Labute approximate surface area is 105 Å². The summed E-state index contributed by atoms with van der Waals surface area (Å²) >= 11 is 1.71. The molecular formula is C12H17N3OS. The van der Waals surface area contributed by atoms with Gasteiger partial charge in [-0.05, 0) is 11.4 Å². The number of hydrogen-bond donors (Lipinski definition) is 1. The average molecular weight is 251 g/mol. The third kappa shape index (κ3) is 3.94. The zero-order chi connectivity index (χ0) is 12.1. The van der Waals surface area contributed by atoms with Crippen LogP contribution in [-0.4, -0.2) is 22.7 Å². The Morgan fingerprint density at radius 2 is 2.35 bits per heavy atom. The monoisotopic (exact) mass is 251 g/mol. The van der Waals surface area contributed by atoms with Gasteiger partial charge in [0.25, 0.3) is 0 Å². The van der Waals surface area contributed by atoms with Gasteiger partial charge in [-0.15, -0.1) is 11.3 Å². The molecule has 1 N–H and O–H groups in total. The lowest BCUT2D eigenvalue weighted by Crippen LogP contribution is -2.25. The molecule has 0 fully saturated rings. The van der Waals surface area contributed by atoms with Crippen LogP contribution in [-0.2, 0) is 12.8 Å². The van der Waals surface area contributed by atoms with E-state index in [1.54, 1.807) is 11.3 Å². The molecule has 17 heavy (non-hydrogen) atoms. The molecule has 0 radical (unpaired) electrons. The first-order valence-corrected chi connectivity index (χ1v) is 6.69. The van der Waals surface area contributed by atoms with Crippen molar-refractivity contribution < 1.29 is 4.52 Å². The van der Waals surface area contributed by atoms with Crippen LogP contribution in [0.1, 0.15) is 30.4 Å². The summed E-state index contributed by atoms with van der Waals surface area (Å²) in [6.45, 7) is 5.12. The van der Waals surface area contributed by atoms with E-state index >= 15 is 0 Å². The molecule has 0 unspecified atom stereocenters. The Morgan fingerprint density at radius 1 is 1.47 bits per heavy atom. The fourth-order valence-electron chi connectivity index (χ4n) is 1.50. The summed E-state index contributed by atoms with van der Waals surface area (Å²) in [6.07, 6.45) is 1.55. The van der Waals surface area contributed by atoms with Crippen molar-refractivity contribution in [1.29, 1.82) is 0 Å². The van der Waals surface area contributed by atoms with Crippen LogP contribution >= 0.6 is 11.3 Å². The fraction of sp³-hybridized carbons (Fsp3) is 0.500. The molecule has 2 aromatic rings. The van der Waals surface area contributed by atoms with E-state index in [0.29, 0.717) is 11.9 Å². The van der Waals surface area contributed by atoms with Gasteiger partial charge in [0.15, 0.2) is 5.82 Å². The maximum Gasteiger partial charge on any atom is 0.227 e. The van der Waals surface area contributed by atoms with Gasteiger partial charge in [-0.25, -0.2) is 0 Å². The first-order chi connectivity index (χ1) is 8.24. The number of aromatic nitrogens is 2. The zero-order valence-electron chi connectivity index (χ0n) is 10.1. The van der Waals surface area contributed by atoms with E-state index in [-0.39, 0.29) is 0 Å². The first-order valence-electron chi connectivity index (χ1n) is 5.81. The molecule has 0 saturated carbocycles. The molecule has 0 aliphatic rings. The molecule has 0 amide bonds. The molecule has 0 bridgehead atoms. The molecule has 2 heterocycles. The van der Waals surface area contributed by atoms with E-state index in [1.165, 1.54) is 4.88 Å². The van der Waals surface area contributed by atoms with Crippen molar-refractivity contribution in [3.8, 4) is 0 Å². The van der Waals surface area contributed by atoms with E-state index in [4.69, 9.17) is 4.52 Å². The van der Waals surface area contributed by atoms with Crippen LogP contribution in [0.5, 0.6) is 0 Å². The highest BCUT2D eigenvalue weighted by atomic mass is 32.1. The average Bonchev–Trinajstić information content (AvgIpc) is 2.90.